The molecule has 0 saturated heterocycles. The van der Waals surface area contributed by atoms with Crippen LogP contribution in [-0.2, 0) is 6.54 Å². The quantitative estimate of drug-likeness (QED) is 0.908. The monoisotopic (exact) mass is 289 g/mol. The van der Waals surface area contributed by atoms with Gasteiger partial charge >= 0.3 is 0 Å². The van der Waals surface area contributed by atoms with Gasteiger partial charge in [-0.05, 0) is 51.7 Å². The first-order chi connectivity index (χ1) is 9.85. The Morgan fingerprint density at radius 2 is 2.05 bits per heavy atom. The van der Waals surface area contributed by atoms with Gasteiger partial charge in [-0.3, -0.25) is 0 Å². The fourth-order valence-electron chi connectivity index (χ4n) is 3.06. The summed E-state index contributed by atoms with van der Waals surface area (Å²) in [5, 5.41) is 3.51. The van der Waals surface area contributed by atoms with E-state index < -0.39 is 0 Å². The normalized spacial score (nSPS) is 23.1. The van der Waals surface area contributed by atoms with Crippen molar-refractivity contribution in [3.8, 4) is 0 Å². The van der Waals surface area contributed by atoms with Crippen LogP contribution in [0, 0.1) is 5.92 Å². The summed E-state index contributed by atoms with van der Waals surface area (Å²) >= 11 is 0. The van der Waals surface area contributed by atoms with Gasteiger partial charge in [-0.2, -0.15) is 0 Å². The van der Waals surface area contributed by atoms with Crippen molar-refractivity contribution in [2.24, 2.45) is 5.92 Å². The van der Waals surface area contributed by atoms with Crippen molar-refractivity contribution >= 4 is 5.82 Å². The molecular formula is C18H31N3. The third-order valence-corrected chi connectivity index (χ3v) is 4.41. The highest BCUT2D eigenvalue weighted by Crippen LogP contribution is 2.28. The molecule has 1 fully saturated rings. The van der Waals surface area contributed by atoms with E-state index in [0.717, 1.165) is 24.0 Å². The summed E-state index contributed by atoms with van der Waals surface area (Å²) < 4.78 is 0. The van der Waals surface area contributed by atoms with E-state index in [2.05, 4.69) is 63.2 Å². The summed E-state index contributed by atoms with van der Waals surface area (Å²) in [6.07, 6.45) is 5.32. The van der Waals surface area contributed by atoms with Crippen LogP contribution in [-0.4, -0.2) is 23.6 Å². The molecule has 0 spiro atoms. The van der Waals surface area contributed by atoms with Gasteiger partial charge in [0.2, 0.25) is 0 Å². The molecule has 1 saturated carbocycles. The second-order valence-corrected chi connectivity index (χ2v) is 7.63. The molecule has 1 aliphatic carbocycles. The molecule has 2 unspecified atom stereocenters. The van der Waals surface area contributed by atoms with Gasteiger partial charge < -0.3 is 10.2 Å². The maximum absolute atomic E-state index is 4.84. The van der Waals surface area contributed by atoms with Crippen molar-refractivity contribution in [2.45, 2.75) is 71.5 Å². The zero-order valence-corrected chi connectivity index (χ0v) is 14.3. The molecule has 3 heteroatoms. The maximum atomic E-state index is 4.84. The molecule has 0 radical (unpaired) electrons. The third-order valence-electron chi connectivity index (χ3n) is 4.41. The average Bonchev–Trinajstić information content (AvgIpc) is 2.44. The zero-order valence-electron chi connectivity index (χ0n) is 14.3. The molecule has 0 bridgehead atoms. The highest BCUT2D eigenvalue weighted by Gasteiger charge is 2.23. The Kier molecular flexibility index (Phi) is 5.26. The molecule has 1 N–H and O–H groups in total. The van der Waals surface area contributed by atoms with Crippen LogP contribution in [0.25, 0.3) is 0 Å². The predicted molar refractivity (Wildman–Crippen MR) is 90.7 cm³/mol. The van der Waals surface area contributed by atoms with Crippen LogP contribution >= 0.6 is 0 Å². The second kappa shape index (κ2) is 6.78. The van der Waals surface area contributed by atoms with Crippen LogP contribution < -0.4 is 10.2 Å². The van der Waals surface area contributed by atoms with E-state index in [9.17, 15) is 0 Å². The zero-order chi connectivity index (χ0) is 15.5. The number of nitrogens with zero attached hydrogens (tertiary/aromatic N) is 2. The Hall–Kier alpha value is -1.09. The van der Waals surface area contributed by atoms with E-state index >= 15 is 0 Å². The Balaban J connectivity index is 2.02. The number of hydrogen-bond donors (Lipinski definition) is 1. The van der Waals surface area contributed by atoms with E-state index in [4.69, 9.17) is 4.98 Å². The van der Waals surface area contributed by atoms with E-state index in [0.29, 0.717) is 6.04 Å². The summed E-state index contributed by atoms with van der Waals surface area (Å²) in [5.74, 6) is 1.96. The fourth-order valence-corrected chi connectivity index (χ4v) is 3.06. The lowest BCUT2D eigenvalue weighted by Gasteiger charge is -2.35. The Morgan fingerprint density at radius 3 is 2.71 bits per heavy atom. The molecule has 0 amide bonds. The molecule has 1 aromatic rings. The van der Waals surface area contributed by atoms with E-state index in [-0.39, 0.29) is 5.54 Å². The Labute approximate surface area is 130 Å². The van der Waals surface area contributed by atoms with Gasteiger partial charge in [0.25, 0.3) is 0 Å². The lowest BCUT2D eigenvalue weighted by molar-refractivity contribution is 0.335. The van der Waals surface area contributed by atoms with Gasteiger partial charge in [-0.1, -0.05) is 25.8 Å². The predicted octanol–water partition coefficient (Wildman–Crippen LogP) is 3.98. The highest BCUT2D eigenvalue weighted by atomic mass is 15.2. The lowest BCUT2D eigenvalue weighted by atomic mass is 9.86. The Bertz CT molecular complexity index is 450. The van der Waals surface area contributed by atoms with Crippen LogP contribution in [0.1, 0.15) is 59.1 Å². The molecule has 21 heavy (non-hydrogen) atoms. The minimum atomic E-state index is 0.127. The number of rotatable bonds is 4. The SMILES string of the molecule is CC1CCCC(N(C)c2cccc(CNC(C)(C)C)n2)C1. The Morgan fingerprint density at radius 1 is 1.29 bits per heavy atom. The summed E-state index contributed by atoms with van der Waals surface area (Å²) in [5.41, 5.74) is 1.25. The lowest BCUT2D eigenvalue weighted by Crippen LogP contribution is -2.37. The van der Waals surface area contributed by atoms with Gasteiger partial charge in [0.05, 0.1) is 5.69 Å². The first-order valence-corrected chi connectivity index (χ1v) is 8.29. The standard InChI is InChI=1S/C18H31N3/c1-14-8-6-10-16(12-14)21(5)17-11-7-9-15(20-17)13-19-18(2,3)4/h7,9,11,14,16,19H,6,8,10,12-13H2,1-5H3. The molecule has 2 rings (SSSR count). The molecule has 1 aliphatic rings. The molecule has 3 nitrogen and oxygen atoms in total. The molecule has 0 aliphatic heterocycles. The minimum absolute atomic E-state index is 0.127. The summed E-state index contributed by atoms with van der Waals surface area (Å²) in [4.78, 5) is 7.22. The van der Waals surface area contributed by atoms with Crippen LogP contribution in [0.2, 0.25) is 0 Å². The van der Waals surface area contributed by atoms with Crippen molar-refractivity contribution in [3.05, 3.63) is 23.9 Å². The first kappa shape index (κ1) is 16.3. The van der Waals surface area contributed by atoms with Gasteiger partial charge in [-0.15, -0.1) is 0 Å². The first-order valence-electron chi connectivity index (χ1n) is 8.29. The van der Waals surface area contributed by atoms with E-state index in [1.165, 1.54) is 25.7 Å². The van der Waals surface area contributed by atoms with Gasteiger partial charge in [0.15, 0.2) is 0 Å². The maximum Gasteiger partial charge on any atom is 0.128 e. The van der Waals surface area contributed by atoms with Crippen molar-refractivity contribution in [2.75, 3.05) is 11.9 Å². The summed E-state index contributed by atoms with van der Waals surface area (Å²) in [7, 11) is 2.20. The number of nitrogens with one attached hydrogen (secondary N) is 1. The van der Waals surface area contributed by atoms with Gasteiger partial charge in [0.1, 0.15) is 5.82 Å². The van der Waals surface area contributed by atoms with Crippen molar-refractivity contribution in [1.29, 1.82) is 0 Å². The molecule has 0 aromatic carbocycles. The molecule has 118 valence electrons. The highest BCUT2D eigenvalue weighted by molar-refractivity contribution is 5.39. The second-order valence-electron chi connectivity index (χ2n) is 7.63. The topological polar surface area (TPSA) is 28.2 Å². The number of pyridine rings is 1. The number of hydrogen-bond acceptors (Lipinski definition) is 3. The van der Waals surface area contributed by atoms with E-state index in [1.54, 1.807) is 0 Å². The largest absolute Gasteiger partial charge is 0.357 e. The number of anilines is 1. The number of aromatic nitrogens is 1. The van der Waals surface area contributed by atoms with Crippen molar-refractivity contribution < 1.29 is 0 Å². The van der Waals surface area contributed by atoms with Crippen LogP contribution in [0.15, 0.2) is 18.2 Å². The smallest absolute Gasteiger partial charge is 0.128 e. The molecule has 1 heterocycles. The van der Waals surface area contributed by atoms with Crippen LogP contribution in [0.5, 0.6) is 0 Å². The van der Waals surface area contributed by atoms with Crippen molar-refractivity contribution in [1.82, 2.24) is 10.3 Å². The van der Waals surface area contributed by atoms with Crippen molar-refractivity contribution in [3.63, 3.8) is 0 Å². The van der Waals surface area contributed by atoms with Gasteiger partial charge in [0, 0.05) is 25.2 Å². The molecular weight excluding hydrogens is 258 g/mol. The molecule has 2 atom stereocenters. The average molecular weight is 289 g/mol. The van der Waals surface area contributed by atoms with Crippen LogP contribution in [0.4, 0.5) is 5.82 Å². The fraction of sp³-hybridized carbons (Fsp3) is 0.722. The molecule has 1 aromatic heterocycles. The van der Waals surface area contributed by atoms with Gasteiger partial charge in [-0.25, -0.2) is 4.98 Å². The summed E-state index contributed by atoms with van der Waals surface area (Å²) in [6.45, 7) is 9.76. The van der Waals surface area contributed by atoms with E-state index in [1.807, 2.05) is 0 Å². The van der Waals surface area contributed by atoms with Crippen LogP contribution in [0.3, 0.4) is 0 Å². The third kappa shape index (κ3) is 4.99. The summed E-state index contributed by atoms with van der Waals surface area (Å²) in [6, 6.07) is 7.02. The minimum Gasteiger partial charge on any atom is -0.357 e.